The monoisotopic (exact) mass is 440 g/mol. The van der Waals surface area contributed by atoms with Crippen LogP contribution in [-0.2, 0) is 16.8 Å². The van der Waals surface area contributed by atoms with Gasteiger partial charge in [-0.15, -0.1) is 22.7 Å². The minimum Gasteiger partial charge on any atom is -0.481 e. The standard InChI is InChI=1S/C24H28N2O2S2/c1-18-10-11-20(30-18)16-26(15-12-22(27)28)23-25-21(17-29-23)24(13-6-3-7-14-24)19-8-4-2-5-9-19/h2,4-5,8-11,17H,3,6-7,12-16H2,1H3,(H,27,28). The molecule has 0 unspecified atom stereocenters. The lowest BCUT2D eigenvalue weighted by Gasteiger charge is -2.36. The van der Waals surface area contributed by atoms with Crippen LogP contribution in [0.15, 0.2) is 47.8 Å². The third kappa shape index (κ3) is 4.60. The summed E-state index contributed by atoms with van der Waals surface area (Å²) in [7, 11) is 0. The molecule has 0 atom stereocenters. The third-order valence-corrected chi connectivity index (χ3v) is 7.91. The minimum atomic E-state index is -0.771. The van der Waals surface area contributed by atoms with Crippen LogP contribution in [0.1, 0.15) is 59.5 Å². The zero-order valence-electron chi connectivity index (χ0n) is 17.3. The molecule has 1 aromatic carbocycles. The van der Waals surface area contributed by atoms with Crippen molar-refractivity contribution in [2.45, 2.75) is 57.4 Å². The molecule has 1 saturated carbocycles. The van der Waals surface area contributed by atoms with E-state index in [1.54, 1.807) is 22.7 Å². The van der Waals surface area contributed by atoms with Crippen LogP contribution in [0, 0.1) is 6.92 Å². The molecule has 4 nitrogen and oxygen atoms in total. The molecule has 2 aromatic heterocycles. The molecule has 0 amide bonds. The minimum absolute atomic E-state index is 0.0216. The van der Waals surface area contributed by atoms with Crippen molar-refractivity contribution in [3.05, 3.63) is 68.9 Å². The van der Waals surface area contributed by atoms with E-state index in [-0.39, 0.29) is 11.8 Å². The van der Waals surface area contributed by atoms with Gasteiger partial charge in [0.05, 0.1) is 18.7 Å². The molecule has 0 bridgehead atoms. The van der Waals surface area contributed by atoms with Crippen molar-refractivity contribution in [2.75, 3.05) is 11.4 Å². The Morgan fingerprint density at radius 2 is 1.90 bits per heavy atom. The van der Waals surface area contributed by atoms with Gasteiger partial charge in [-0.1, -0.05) is 49.6 Å². The molecule has 1 aliphatic rings. The van der Waals surface area contributed by atoms with Crippen molar-refractivity contribution in [1.82, 2.24) is 4.98 Å². The highest BCUT2D eigenvalue weighted by molar-refractivity contribution is 7.14. The molecule has 0 saturated heterocycles. The van der Waals surface area contributed by atoms with E-state index in [2.05, 4.69) is 59.7 Å². The number of aromatic nitrogens is 1. The number of carboxylic acids is 1. The number of hydrogen-bond donors (Lipinski definition) is 1. The molecule has 3 aromatic rings. The molecule has 2 heterocycles. The predicted molar refractivity (Wildman–Crippen MR) is 125 cm³/mol. The van der Waals surface area contributed by atoms with E-state index in [1.165, 1.54) is 34.6 Å². The van der Waals surface area contributed by atoms with Crippen LogP contribution >= 0.6 is 22.7 Å². The van der Waals surface area contributed by atoms with E-state index in [4.69, 9.17) is 4.98 Å². The highest BCUT2D eigenvalue weighted by Crippen LogP contribution is 2.45. The molecule has 0 radical (unpaired) electrons. The van der Waals surface area contributed by atoms with Crippen LogP contribution in [0.2, 0.25) is 0 Å². The molecule has 4 rings (SSSR count). The van der Waals surface area contributed by atoms with Gasteiger partial charge in [0.15, 0.2) is 5.13 Å². The fraction of sp³-hybridized carbons (Fsp3) is 0.417. The number of aliphatic carboxylic acids is 1. The van der Waals surface area contributed by atoms with E-state index >= 15 is 0 Å². The predicted octanol–water partition coefficient (Wildman–Crippen LogP) is 6.24. The molecule has 0 aliphatic heterocycles. The number of carboxylic acid groups (broad SMARTS) is 1. The summed E-state index contributed by atoms with van der Waals surface area (Å²) >= 11 is 3.41. The fourth-order valence-electron chi connectivity index (χ4n) is 4.47. The van der Waals surface area contributed by atoms with Gasteiger partial charge in [0.25, 0.3) is 0 Å². The summed E-state index contributed by atoms with van der Waals surface area (Å²) in [5, 5.41) is 12.4. The second kappa shape index (κ2) is 9.31. The van der Waals surface area contributed by atoms with Crippen molar-refractivity contribution < 1.29 is 9.90 Å². The van der Waals surface area contributed by atoms with Crippen LogP contribution in [-0.4, -0.2) is 22.6 Å². The van der Waals surface area contributed by atoms with Crippen molar-refractivity contribution in [3.63, 3.8) is 0 Å². The number of thiophene rings is 1. The maximum Gasteiger partial charge on any atom is 0.305 e. The molecular formula is C24H28N2O2S2. The van der Waals surface area contributed by atoms with Crippen molar-refractivity contribution in [2.24, 2.45) is 0 Å². The first-order valence-corrected chi connectivity index (χ1v) is 12.3. The number of nitrogens with zero attached hydrogens (tertiary/aromatic N) is 2. The van der Waals surface area contributed by atoms with Crippen LogP contribution in [0.3, 0.4) is 0 Å². The normalized spacial score (nSPS) is 15.8. The Morgan fingerprint density at radius 1 is 1.13 bits per heavy atom. The van der Waals surface area contributed by atoms with E-state index in [1.807, 2.05) is 0 Å². The number of rotatable bonds is 8. The van der Waals surface area contributed by atoms with Crippen LogP contribution in [0.4, 0.5) is 5.13 Å². The van der Waals surface area contributed by atoms with Crippen molar-refractivity contribution in [3.8, 4) is 0 Å². The number of carbonyl (C=O) groups is 1. The molecule has 30 heavy (non-hydrogen) atoms. The quantitative estimate of drug-likeness (QED) is 0.450. The summed E-state index contributed by atoms with van der Waals surface area (Å²) in [5.41, 5.74) is 2.48. The summed E-state index contributed by atoms with van der Waals surface area (Å²) in [6, 6.07) is 15.0. The molecule has 6 heteroatoms. The molecule has 1 aliphatic carbocycles. The van der Waals surface area contributed by atoms with Crippen LogP contribution < -0.4 is 4.90 Å². The fourth-order valence-corrected chi connectivity index (χ4v) is 6.32. The third-order valence-electron chi connectivity index (χ3n) is 6.02. The maximum absolute atomic E-state index is 11.2. The van der Waals surface area contributed by atoms with Crippen molar-refractivity contribution >= 4 is 33.8 Å². The lowest BCUT2D eigenvalue weighted by atomic mass is 9.68. The molecule has 1 fully saturated rings. The highest BCUT2D eigenvalue weighted by Gasteiger charge is 2.38. The first-order chi connectivity index (χ1) is 14.6. The van der Waals surface area contributed by atoms with Gasteiger partial charge in [-0.25, -0.2) is 4.98 Å². The molecule has 0 spiro atoms. The van der Waals surface area contributed by atoms with E-state index in [0.29, 0.717) is 13.1 Å². The summed E-state index contributed by atoms with van der Waals surface area (Å²) in [5.74, 6) is -0.771. The Labute approximate surface area is 186 Å². The summed E-state index contributed by atoms with van der Waals surface area (Å²) in [6.07, 6.45) is 6.09. The first-order valence-electron chi connectivity index (χ1n) is 10.6. The SMILES string of the molecule is Cc1ccc(CN(CCC(=O)O)c2nc(C3(c4ccccc4)CCCCC3)cs2)s1. The second-order valence-electron chi connectivity index (χ2n) is 8.10. The topological polar surface area (TPSA) is 53.4 Å². The van der Waals surface area contributed by atoms with E-state index in [0.717, 1.165) is 23.7 Å². The van der Waals surface area contributed by atoms with Gasteiger partial charge in [0.1, 0.15) is 0 Å². The Hall–Kier alpha value is -2.18. The summed E-state index contributed by atoms with van der Waals surface area (Å²) in [6.45, 7) is 3.28. The van der Waals surface area contributed by atoms with Gasteiger partial charge in [-0.2, -0.15) is 0 Å². The smallest absolute Gasteiger partial charge is 0.305 e. The number of aryl methyl sites for hydroxylation is 1. The van der Waals surface area contributed by atoms with Gasteiger partial charge in [-0.3, -0.25) is 4.79 Å². The zero-order valence-corrected chi connectivity index (χ0v) is 19.0. The zero-order chi connectivity index (χ0) is 21.0. The van der Waals surface area contributed by atoms with Gasteiger partial charge in [0.2, 0.25) is 0 Å². The lowest BCUT2D eigenvalue weighted by Crippen LogP contribution is -2.31. The van der Waals surface area contributed by atoms with Gasteiger partial charge in [0, 0.05) is 27.1 Å². The maximum atomic E-state index is 11.2. The lowest BCUT2D eigenvalue weighted by molar-refractivity contribution is -0.136. The summed E-state index contributed by atoms with van der Waals surface area (Å²) < 4.78 is 0. The average Bonchev–Trinajstić information content (AvgIpc) is 3.41. The molecular weight excluding hydrogens is 412 g/mol. The van der Waals surface area contributed by atoms with Crippen LogP contribution in [0.5, 0.6) is 0 Å². The van der Waals surface area contributed by atoms with E-state index in [9.17, 15) is 9.90 Å². The Morgan fingerprint density at radius 3 is 2.57 bits per heavy atom. The Balaban J connectivity index is 1.65. The summed E-state index contributed by atoms with van der Waals surface area (Å²) in [4.78, 5) is 21.0. The molecule has 158 valence electrons. The largest absolute Gasteiger partial charge is 0.481 e. The highest BCUT2D eigenvalue weighted by atomic mass is 32.1. The Bertz CT molecular complexity index is 974. The van der Waals surface area contributed by atoms with Crippen LogP contribution in [0.25, 0.3) is 0 Å². The number of benzene rings is 1. The number of thiazole rings is 1. The average molecular weight is 441 g/mol. The Kier molecular flexibility index (Phi) is 6.54. The second-order valence-corrected chi connectivity index (χ2v) is 10.3. The van der Waals surface area contributed by atoms with Gasteiger partial charge < -0.3 is 10.0 Å². The van der Waals surface area contributed by atoms with E-state index < -0.39 is 5.97 Å². The van der Waals surface area contributed by atoms with Gasteiger partial charge in [-0.05, 0) is 37.5 Å². The van der Waals surface area contributed by atoms with Gasteiger partial charge >= 0.3 is 5.97 Å². The number of anilines is 1. The molecule has 1 N–H and O–H groups in total. The van der Waals surface area contributed by atoms with Crippen molar-refractivity contribution in [1.29, 1.82) is 0 Å². The number of hydrogen-bond acceptors (Lipinski definition) is 5. The first kappa shape index (κ1) is 21.1.